The molecule has 2 unspecified atom stereocenters. The molecule has 4 nitrogen and oxygen atoms in total. The maximum absolute atomic E-state index is 5.77. The van der Waals surface area contributed by atoms with Crippen LogP contribution in [0.2, 0.25) is 0 Å². The number of nitrogens with zero attached hydrogens (tertiary/aromatic N) is 1. The number of nitrogens with one attached hydrogen (secondary N) is 1. The van der Waals surface area contributed by atoms with Crippen molar-refractivity contribution in [2.24, 2.45) is 0 Å². The number of likely N-dealkylation sites (tertiary alicyclic amines) is 1. The number of rotatable bonds is 9. The first-order chi connectivity index (χ1) is 8.59. The second-order valence-electron chi connectivity index (χ2n) is 5.51. The Hall–Kier alpha value is -0.160. The van der Waals surface area contributed by atoms with E-state index in [2.05, 4.69) is 37.9 Å². The van der Waals surface area contributed by atoms with Crippen LogP contribution in [0.4, 0.5) is 0 Å². The molecule has 1 aliphatic heterocycles. The Morgan fingerprint density at radius 3 is 2.33 bits per heavy atom. The molecule has 0 aromatic carbocycles. The van der Waals surface area contributed by atoms with Gasteiger partial charge in [-0.25, -0.2) is 0 Å². The van der Waals surface area contributed by atoms with E-state index in [0.717, 1.165) is 6.61 Å². The molecule has 0 aromatic rings. The Balaban J connectivity index is 1.94. The van der Waals surface area contributed by atoms with Gasteiger partial charge in [0.15, 0.2) is 0 Å². The molecule has 1 heterocycles. The van der Waals surface area contributed by atoms with E-state index in [1.165, 1.54) is 25.9 Å². The number of hydrogen-bond acceptors (Lipinski definition) is 4. The zero-order valence-electron chi connectivity index (χ0n) is 12.4. The molecular weight excluding hydrogens is 228 g/mol. The molecule has 2 atom stereocenters. The molecule has 0 bridgehead atoms. The summed E-state index contributed by atoms with van der Waals surface area (Å²) in [6.07, 6.45) is 2.85. The SMILES string of the molecule is CC(C)NC(C)COCCOC(C)N1CCCC1. The van der Waals surface area contributed by atoms with Gasteiger partial charge in [-0.2, -0.15) is 0 Å². The van der Waals surface area contributed by atoms with Gasteiger partial charge in [0.2, 0.25) is 0 Å². The van der Waals surface area contributed by atoms with Crippen LogP contribution >= 0.6 is 0 Å². The molecule has 0 spiro atoms. The van der Waals surface area contributed by atoms with Crippen LogP contribution in [0.15, 0.2) is 0 Å². The van der Waals surface area contributed by atoms with Crippen LogP contribution in [0.5, 0.6) is 0 Å². The molecule has 0 radical (unpaired) electrons. The average Bonchev–Trinajstić information content (AvgIpc) is 2.80. The monoisotopic (exact) mass is 258 g/mol. The molecule has 1 rings (SSSR count). The molecule has 0 aliphatic carbocycles. The Morgan fingerprint density at radius 1 is 1.06 bits per heavy atom. The zero-order chi connectivity index (χ0) is 13.4. The predicted octanol–water partition coefficient (Wildman–Crippen LogP) is 1.85. The smallest absolute Gasteiger partial charge is 0.107 e. The molecule has 18 heavy (non-hydrogen) atoms. The van der Waals surface area contributed by atoms with Crippen molar-refractivity contribution in [3.05, 3.63) is 0 Å². The topological polar surface area (TPSA) is 33.7 Å². The molecule has 1 N–H and O–H groups in total. The largest absolute Gasteiger partial charge is 0.377 e. The highest BCUT2D eigenvalue weighted by Crippen LogP contribution is 2.11. The minimum absolute atomic E-state index is 0.238. The third-order valence-corrected chi connectivity index (χ3v) is 3.23. The van der Waals surface area contributed by atoms with Gasteiger partial charge < -0.3 is 14.8 Å². The summed E-state index contributed by atoms with van der Waals surface area (Å²) in [4.78, 5) is 2.39. The van der Waals surface area contributed by atoms with E-state index in [4.69, 9.17) is 9.47 Å². The second kappa shape index (κ2) is 8.86. The van der Waals surface area contributed by atoms with Crippen LogP contribution in [0.25, 0.3) is 0 Å². The lowest BCUT2D eigenvalue weighted by Gasteiger charge is -2.24. The molecule has 0 saturated carbocycles. The summed E-state index contributed by atoms with van der Waals surface area (Å²) in [5, 5.41) is 3.41. The van der Waals surface area contributed by atoms with Gasteiger partial charge in [0.25, 0.3) is 0 Å². The highest BCUT2D eigenvalue weighted by atomic mass is 16.5. The van der Waals surface area contributed by atoms with Crippen molar-refractivity contribution in [2.75, 3.05) is 32.9 Å². The van der Waals surface area contributed by atoms with E-state index in [9.17, 15) is 0 Å². The fourth-order valence-electron chi connectivity index (χ4n) is 2.37. The van der Waals surface area contributed by atoms with Crippen molar-refractivity contribution in [1.29, 1.82) is 0 Å². The van der Waals surface area contributed by atoms with Crippen molar-refractivity contribution in [2.45, 2.75) is 58.8 Å². The first-order valence-electron chi connectivity index (χ1n) is 7.29. The van der Waals surface area contributed by atoms with E-state index in [-0.39, 0.29) is 6.23 Å². The third-order valence-electron chi connectivity index (χ3n) is 3.23. The lowest BCUT2D eigenvalue weighted by molar-refractivity contribution is -0.0588. The highest BCUT2D eigenvalue weighted by molar-refractivity contribution is 4.67. The van der Waals surface area contributed by atoms with Crippen LogP contribution in [-0.2, 0) is 9.47 Å². The highest BCUT2D eigenvalue weighted by Gasteiger charge is 2.17. The summed E-state index contributed by atoms with van der Waals surface area (Å²) in [5.74, 6) is 0. The zero-order valence-corrected chi connectivity index (χ0v) is 12.4. The summed E-state index contributed by atoms with van der Waals surface area (Å²) >= 11 is 0. The molecule has 0 amide bonds. The van der Waals surface area contributed by atoms with E-state index >= 15 is 0 Å². The van der Waals surface area contributed by atoms with Crippen LogP contribution in [0.1, 0.15) is 40.5 Å². The number of ether oxygens (including phenoxy) is 2. The van der Waals surface area contributed by atoms with Crippen LogP contribution < -0.4 is 5.32 Å². The van der Waals surface area contributed by atoms with Crippen molar-refractivity contribution < 1.29 is 9.47 Å². The Kier molecular flexibility index (Phi) is 7.82. The van der Waals surface area contributed by atoms with Gasteiger partial charge in [-0.15, -0.1) is 0 Å². The van der Waals surface area contributed by atoms with Crippen molar-refractivity contribution in [1.82, 2.24) is 10.2 Å². The third kappa shape index (κ3) is 6.69. The summed E-state index contributed by atoms with van der Waals surface area (Å²) in [5.41, 5.74) is 0. The quantitative estimate of drug-likeness (QED) is 0.640. The summed E-state index contributed by atoms with van der Waals surface area (Å²) in [6.45, 7) is 13.1. The summed E-state index contributed by atoms with van der Waals surface area (Å²) in [6, 6.07) is 0.913. The van der Waals surface area contributed by atoms with Gasteiger partial charge >= 0.3 is 0 Å². The first kappa shape index (κ1) is 15.9. The number of hydrogen-bond donors (Lipinski definition) is 1. The Bertz CT molecular complexity index is 206. The Labute approximate surface area is 112 Å². The van der Waals surface area contributed by atoms with Crippen molar-refractivity contribution in [3.8, 4) is 0 Å². The van der Waals surface area contributed by atoms with E-state index < -0.39 is 0 Å². The standard InChI is InChI=1S/C14H30N2O2/c1-12(2)15-13(3)11-17-9-10-18-14(4)16-7-5-6-8-16/h12-15H,5-11H2,1-4H3. The molecule has 1 aliphatic rings. The predicted molar refractivity (Wildman–Crippen MR) is 74.8 cm³/mol. The molecule has 4 heteroatoms. The van der Waals surface area contributed by atoms with Gasteiger partial charge in [-0.05, 0) is 26.7 Å². The van der Waals surface area contributed by atoms with Crippen LogP contribution in [0.3, 0.4) is 0 Å². The molecule has 108 valence electrons. The van der Waals surface area contributed by atoms with Crippen molar-refractivity contribution in [3.63, 3.8) is 0 Å². The van der Waals surface area contributed by atoms with Gasteiger partial charge in [0, 0.05) is 25.2 Å². The maximum atomic E-state index is 5.77. The average molecular weight is 258 g/mol. The van der Waals surface area contributed by atoms with Gasteiger partial charge in [-0.1, -0.05) is 13.8 Å². The Morgan fingerprint density at radius 2 is 1.72 bits per heavy atom. The molecular formula is C14H30N2O2. The normalized spacial score (nSPS) is 20.5. The van der Waals surface area contributed by atoms with E-state index in [1.807, 2.05) is 0 Å². The summed E-state index contributed by atoms with van der Waals surface area (Å²) < 4.78 is 11.4. The molecule has 1 fully saturated rings. The minimum Gasteiger partial charge on any atom is -0.377 e. The van der Waals surface area contributed by atoms with Crippen LogP contribution in [0, 0.1) is 0 Å². The van der Waals surface area contributed by atoms with Gasteiger partial charge in [0.1, 0.15) is 6.23 Å². The van der Waals surface area contributed by atoms with Gasteiger partial charge in [0.05, 0.1) is 19.8 Å². The minimum atomic E-state index is 0.238. The second-order valence-corrected chi connectivity index (χ2v) is 5.51. The fraction of sp³-hybridized carbons (Fsp3) is 1.00. The van der Waals surface area contributed by atoms with Gasteiger partial charge in [-0.3, -0.25) is 4.90 Å². The lowest BCUT2D eigenvalue weighted by atomic mass is 10.3. The molecule has 1 saturated heterocycles. The van der Waals surface area contributed by atoms with Crippen LogP contribution in [-0.4, -0.2) is 56.1 Å². The maximum Gasteiger partial charge on any atom is 0.107 e. The van der Waals surface area contributed by atoms with E-state index in [1.54, 1.807) is 0 Å². The summed E-state index contributed by atoms with van der Waals surface area (Å²) in [7, 11) is 0. The lowest BCUT2D eigenvalue weighted by Crippen LogP contribution is -2.36. The first-order valence-corrected chi connectivity index (χ1v) is 7.29. The molecule has 0 aromatic heterocycles. The van der Waals surface area contributed by atoms with Crippen molar-refractivity contribution >= 4 is 0 Å². The fourth-order valence-corrected chi connectivity index (χ4v) is 2.37. The van der Waals surface area contributed by atoms with E-state index in [0.29, 0.717) is 25.3 Å².